The molecule has 1 N–H and O–H groups in total. The fourth-order valence-corrected chi connectivity index (χ4v) is 5.48. The second-order valence-corrected chi connectivity index (χ2v) is 8.05. The lowest BCUT2D eigenvalue weighted by molar-refractivity contribution is -0.164. The molecule has 3 rings (SSSR count). The van der Waals surface area contributed by atoms with Crippen LogP contribution in [0.25, 0.3) is 0 Å². The van der Waals surface area contributed by atoms with Crippen LogP contribution in [0.1, 0.15) is 57.9 Å². The molecule has 0 aliphatic heterocycles. The van der Waals surface area contributed by atoms with Gasteiger partial charge in [0.15, 0.2) is 0 Å². The predicted molar refractivity (Wildman–Crippen MR) is 90.1 cm³/mol. The number of carbonyl (C=O) groups is 1. The summed E-state index contributed by atoms with van der Waals surface area (Å²) in [5.41, 5.74) is 2.02. The molecule has 0 aromatic carbocycles. The summed E-state index contributed by atoms with van der Waals surface area (Å²) in [7, 11) is 0. The number of hydrogen-bond acceptors (Lipinski definition) is 2. The van der Waals surface area contributed by atoms with Crippen molar-refractivity contribution in [1.82, 2.24) is 0 Å². The first-order chi connectivity index (χ1) is 10.9. The Hall–Kier alpha value is -1.51. The summed E-state index contributed by atoms with van der Waals surface area (Å²) in [6, 6.07) is 2.02. The minimum Gasteiger partial charge on any atom is -0.481 e. The zero-order chi connectivity index (χ0) is 16.7. The SMILES string of the molecule is C=C1CC[C@@H]2[C@@](C)(CCC[C@]2(C)C(=O)O)[C@H]1CCc1ccoc1. The third kappa shape index (κ3) is 2.64. The van der Waals surface area contributed by atoms with Crippen LogP contribution in [0.15, 0.2) is 35.2 Å². The maximum absolute atomic E-state index is 12.0. The van der Waals surface area contributed by atoms with Gasteiger partial charge in [0.25, 0.3) is 0 Å². The Morgan fingerprint density at radius 3 is 2.87 bits per heavy atom. The average molecular weight is 316 g/mol. The first kappa shape index (κ1) is 16.4. The van der Waals surface area contributed by atoms with Crippen molar-refractivity contribution in [2.24, 2.45) is 22.7 Å². The van der Waals surface area contributed by atoms with Crippen LogP contribution in [0.5, 0.6) is 0 Å². The topological polar surface area (TPSA) is 50.4 Å². The highest BCUT2D eigenvalue weighted by molar-refractivity contribution is 5.75. The second kappa shape index (κ2) is 5.85. The fourth-order valence-electron chi connectivity index (χ4n) is 5.48. The molecule has 0 spiro atoms. The lowest BCUT2D eigenvalue weighted by atomic mass is 9.46. The van der Waals surface area contributed by atoms with Crippen LogP contribution in [0, 0.1) is 22.7 Å². The highest BCUT2D eigenvalue weighted by Crippen LogP contribution is 2.61. The van der Waals surface area contributed by atoms with E-state index in [4.69, 9.17) is 4.42 Å². The smallest absolute Gasteiger partial charge is 0.309 e. The minimum absolute atomic E-state index is 0.0600. The van der Waals surface area contributed by atoms with Crippen LogP contribution < -0.4 is 0 Å². The molecular formula is C20H28O3. The molecule has 0 amide bonds. The molecular weight excluding hydrogens is 288 g/mol. The zero-order valence-electron chi connectivity index (χ0n) is 14.3. The maximum atomic E-state index is 12.0. The van der Waals surface area contributed by atoms with Crippen molar-refractivity contribution in [3.05, 3.63) is 36.3 Å². The molecule has 23 heavy (non-hydrogen) atoms. The van der Waals surface area contributed by atoms with Gasteiger partial charge in [0.05, 0.1) is 17.9 Å². The largest absolute Gasteiger partial charge is 0.481 e. The molecule has 0 bridgehead atoms. The van der Waals surface area contributed by atoms with Gasteiger partial charge >= 0.3 is 5.97 Å². The number of rotatable bonds is 4. The van der Waals surface area contributed by atoms with Crippen molar-refractivity contribution < 1.29 is 14.3 Å². The van der Waals surface area contributed by atoms with E-state index in [0.717, 1.165) is 44.9 Å². The highest BCUT2D eigenvalue weighted by atomic mass is 16.4. The van der Waals surface area contributed by atoms with Crippen LogP contribution in [0.4, 0.5) is 0 Å². The summed E-state index contributed by atoms with van der Waals surface area (Å²) in [4.78, 5) is 12.0. The molecule has 1 aromatic rings. The van der Waals surface area contributed by atoms with Gasteiger partial charge in [0.2, 0.25) is 0 Å². The third-order valence-corrected chi connectivity index (χ3v) is 6.81. The Bertz CT molecular complexity index is 588. The zero-order valence-corrected chi connectivity index (χ0v) is 14.3. The molecule has 0 radical (unpaired) electrons. The van der Waals surface area contributed by atoms with Crippen molar-refractivity contribution in [2.45, 2.75) is 58.8 Å². The lowest BCUT2D eigenvalue weighted by Crippen LogP contribution is -2.53. The van der Waals surface area contributed by atoms with Gasteiger partial charge in [0, 0.05) is 0 Å². The van der Waals surface area contributed by atoms with Gasteiger partial charge in [-0.25, -0.2) is 0 Å². The predicted octanol–water partition coefficient (Wildman–Crippen LogP) is 5.08. The van der Waals surface area contributed by atoms with Gasteiger partial charge < -0.3 is 9.52 Å². The van der Waals surface area contributed by atoms with E-state index in [-0.39, 0.29) is 11.3 Å². The van der Waals surface area contributed by atoms with Gasteiger partial charge in [-0.1, -0.05) is 25.5 Å². The summed E-state index contributed by atoms with van der Waals surface area (Å²) >= 11 is 0. The Labute approximate surface area is 138 Å². The van der Waals surface area contributed by atoms with E-state index in [0.29, 0.717) is 5.92 Å². The number of aryl methyl sites for hydroxylation is 1. The first-order valence-electron chi connectivity index (χ1n) is 8.80. The van der Waals surface area contributed by atoms with E-state index in [1.54, 1.807) is 6.26 Å². The van der Waals surface area contributed by atoms with E-state index < -0.39 is 11.4 Å². The summed E-state index contributed by atoms with van der Waals surface area (Å²) < 4.78 is 5.18. The average Bonchev–Trinajstić information content (AvgIpc) is 2.99. The van der Waals surface area contributed by atoms with Crippen LogP contribution in [-0.4, -0.2) is 11.1 Å². The van der Waals surface area contributed by atoms with E-state index in [1.807, 2.05) is 19.3 Å². The van der Waals surface area contributed by atoms with E-state index >= 15 is 0 Å². The lowest BCUT2D eigenvalue weighted by Gasteiger charge is -2.57. The van der Waals surface area contributed by atoms with Gasteiger partial charge in [-0.3, -0.25) is 4.79 Å². The van der Waals surface area contributed by atoms with Crippen molar-refractivity contribution in [3.63, 3.8) is 0 Å². The molecule has 126 valence electrons. The van der Waals surface area contributed by atoms with Crippen LogP contribution >= 0.6 is 0 Å². The van der Waals surface area contributed by atoms with E-state index in [9.17, 15) is 9.90 Å². The van der Waals surface area contributed by atoms with Gasteiger partial charge in [-0.2, -0.15) is 0 Å². The molecule has 4 atom stereocenters. The van der Waals surface area contributed by atoms with Gasteiger partial charge in [-0.05, 0) is 74.3 Å². The molecule has 3 nitrogen and oxygen atoms in total. The van der Waals surface area contributed by atoms with Crippen LogP contribution in [0.2, 0.25) is 0 Å². The van der Waals surface area contributed by atoms with Crippen molar-refractivity contribution in [1.29, 1.82) is 0 Å². The normalized spacial score (nSPS) is 37.4. The fraction of sp³-hybridized carbons (Fsp3) is 0.650. The maximum Gasteiger partial charge on any atom is 0.309 e. The summed E-state index contributed by atoms with van der Waals surface area (Å²) in [6.45, 7) is 8.65. The third-order valence-electron chi connectivity index (χ3n) is 6.81. The molecule has 3 heteroatoms. The summed E-state index contributed by atoms with van der Waals surface area (Å²) in [6.07, 6.45) is 10.4. The number of hydrogen-bond donors (Lipinski definition) is 1. The Balaban J connectivity index is 1.86. The monoisotopic (exact) mass is 316 g/mol. The van der Waals surface area contributed by atoms with Crippen molar-refractivity contribution >= 4 is 5.97 Å². The molecule has 2 aliphatic carbocycles. The van der Waals surface area contributed by atoms with Gasteiger partial charge in [-0.15, -0.1) is 0 Å². The standard InChI is InChI=1S/C20H28O3/c1-14-5-8-17-19(2,10-4-11-20(17,3)18(21)22)16(14)7-6-15-9-12-23-13-15/h9,12-13,16-17H,1,4-8,10-11H2,2-3H3,(H,21,22)/t16-,17+,19-,20-/m0/s1. The molecule has 1 aromatic heterocycles. The van der Waals surface area contributed by atoms with Crippen LogP contribution in [0.3, 0.4) is 0 Å². The Kier molecular flexibility index (Phi) is 4.16. The number of carboxylic acid groups (broad SMARTS) is 1. The number of furan rings is 1. The first-order valence-corrected chi connectivity index (χ1v) is 8.80. The summed E-state index contributed by atoms with van der Waals surface area (Å²) in [5, 5.41) is 9.85. The highest BCUT2D eigenvalue weighted by Gasteiger charge is 2.57. The van der Waals surface area contributed by atoms with E-state index in [2.05, 4.69) is 13.5 Å². The summed E-state index contributed by atoms with van der Waals surface area (Å²) in [5.74, 6) is 0.0470. The number of fused-ring (bicyclic) bond motifs is 1. The number of allylic oxidation sites excluding steroid dienone is 1. The minimum atomic E-state index is -0.616. The molecule has 2 fully saturated rings. The molecule has 2 aliphatic rings. The Morgan fingerprint density at radius 1 is 1.43 bits per heavy atom. The second-order valence-electron chi connectivity index (χ2n) is 8.05. The molecule has 2 saturated carbocycles. The van der Waals surface area contributed by atoms with Crippen LogP contribution in [-0.2, 0) is 11.2 Å². The molecule has 0 saturated heterocycles. The molecule has 0 unspecified atom stereocenters. The van der Waals surface area contributed by atoms with Crippen molar-refractivity contribution in [3.8, 4) is 0 Å². The quantitative estimate of drug-likeness (QED) is 0.788. The van der Waals surface area contributed by atoms with E-state index in [1.165, 1.54) is 11.1 Å². The number of carboxylic acids is 1. The number of aliphatic carboxylic acids is 1. The van der Waals surface area contributed by atoms with Gasteiger partial charge in [0.1, 0.15) is 0 Å². The van der Waals surface area contributed by atoms with Crippen molar-refractivity contribution in [2.75, 3.05) is 0 Å². The molecule has 1 heterocycles. The Morgan fingerprint density at radius 2 is 2.22 bits per heavy atom.